The Balaban J connectivity index is 2.53. The Labute approximate surface area is 129 Å². The van der Waals surface area contributed by atoms with Gasteiger partial charge in [0.05, 0.1) is 12.8 Å². The zero-order valence-electron chi connectivity index (χ0n) is 11.9. The highest BCUT2D eigenvalue weighted by atomic mass is 19.4. The number of aliphatic carboxylic acids is 1. The Morgan fingerprint density at radius 1 is 1.30 bits per heavy atom. The van der Waals surface area contributed by atoms with Crippen molar-refractivity contribution >= 4 is 11.9 Å². The minimum Gasteiger partial charge on any atom is -0.496 e. The molecule has 2 aromatic rings. The van der Waals surface area contributed by atoms with Gasteiger partial charge in [-0.3, -0.25) is 4.79 Å². The Kier molecular flexibility index (Phi) is 4.68. The highest BCUT2D eigenvalue weighted by Crippen LogP contribution is 2.34. The summed E-state index contributed by atoms with van der Waals surface area (Å²) in [6.45, 7) is -0.604. The Bertz CT molecular complexity index is 720. The first-order valence-electron chi connectivity index (χ1n) is 6.36. The highest BCUT2D eigenvalue weighted by Gasteiger charge is 2.34. The van der Waals surface area contributed by atoms with E-state index >= 15 is 0 Å². The fourth-order valence-electron chi connectivity index (χ4n) is 1.82. The summed E-state index contributed by atoms with van der Waals surface area (Å²) in [4.78, 5) is 17.8. The van der Waals surface area contributed by atoms with E-state index in [1.165, 1.54) is 7.11 Å². The molecule has 2 N–H and O–H groups in total. The molecule has 23 heavy (non-hydrogen) atoms. The molecule has 0 unspecified atom stereocenters. The summed E-state index contributed by atoms with van der Waals surface area (Å²) in [6.07, 6.45) is -4.70. The molecule has 0 atom stereocenters. The Hall–Kier alpha value is -2.84. The quantitative estimate of drug-likeness (QED) is 0.878. The number of ether oxygens (including phenoxy) is 1. The summed E-state index contributed by atoms with van der Waals surface area (Å²) in [5.41, 5.74) is -0.875. The van der Waals surface area contributed by atoms with E-state index in [-0.39, 0.29) is 5.69 Å². The van der Waals surface area contributed by atoms with Crippen molar-refractivity contribution in [3.8, 4) is 17.0 Å². The van der Waals surface area contributed by atoms with E-state index < -0.39 is 30.3 Å². The lowest BCUT2D eigenvalue weighted by atomic mass is 10.1. The average molecular weight is 327 g/mol. The molecule has 0 aliphatic rings. The number of nitrogens with one attached hydrogen (secondary N) is 1. The summed E-state index contributed by atoms with van der Waals surface area (Å²) in [6, 6.07) is 7.19. The molecule has 0 bridgehead atoms. The molecule has 6 nitrogen and oxygen atoms in total. The van der Waals surface area contributed by atoms with Crippen LogP contribution in [0.1, 0.15) is 5.69 Å². The first-order valence-corrected chi connectivity index (χ1v) is 6.36. The van der Waals surface area contributed by atoms with Crippen LogP contribution >= 0.6 is 0 Å². The molecule has 0 aliphatic carbocycles. The van der Waals surface area contributed by atoms with E-state index in [4.69, 9.17) is 9.84 Å². The molecule has 2 rings (SSSR count). The molecule has 0 saturated heterocycles. The maximum absolute atomic E-state index is 13.0. The second kappa shape index (κ2) is 6.51. The van der Waals surface area contributed by atoms with Gasteiger partial charge in [0.25, 0.3) is 0 Å². The van der Waals surface area contributed by atoms with Crippen LogP contribution in [0.3, 0.4) is 0 Å². The minimum absolute atomic E-state index is 0.0299. The van der Waals surface area contributed by atoms with E-state index in [0.717, 1.165) is 6.07 Å². The normalized spacial score (nSPS) is 11.1. The molecule has 1 aromatic carbocycles. The van der Waals surface area contributed by atoms with Gasteiger partial charge < -0.3 is 15.2 Å². The van der Waals surface area contributed by atoms with E-state index in [1.54, 1.807) is 24.3 Å². The van der Waals surface area contributed by atoms with Crippen molar-refractivity contribution in [2.45, 2.75) is 6.18 Å². The number of halogens is 3. The van der Waals surface area contributed by atoms with Gasteiger partial charge >= 0.3 is 12.1 Å². The van der Waals surface area contributed by atoms with Crippen molar-refractivity contribution in [3.63, 3.8) is 0 Å². The lowest BCUT2D eigenvalue weighted by Gasteiger charge is -2.12. The molecule has 0 amide bonds. The van der Waals surface area contributed by atoms with E-state index in [1.807, 2.05) is 0 Å². The van der Waals surface area contributed by atoms with Crippen molar-refractivity contribution in [1.29, 1.82) is 0 Å². The number of rotatable bonds is 5. The third kappa shape index (κ3) is 4.09. The van der Waals surface area contributed by atoms with Gasteiger partial charge in [0.1, 0.15) is 12.3 Å². The standard InChI is InChI=1S/C14H12F3N3O3/c1-23-10-5-3-2-4-8(10)9-6-11(14(15,16)17)20-13(19-9)18-7-12(21)22/h2-6H,7H2,1H3,(H,21,22)(H,18,19,20). The average Bonchev–Trinajstić information content (AvgIpc) is 2.51. The van der Waals surface area contributed by atoms with Gasteiger partial charge in [-0.2, -0.15) is 13.2 Å². The van der Waals surface area contributed by atoms with E-state index in [2.05, 4.69) is 15.3 Å². The highest BCUT2D eigenvalue weighted by molar-refractivity contribution is 5.72. The summed E-state index contributed by atoms with van der Waals surface area (Å²) in [5, 5.41) is 10.9. The molecule has 1 heterocycles. The van der Waals surface area contributed by atoms with Crippen LogP contribution in [0.15, 0.2) is 30.3 Å². The predicted octanol–water partition coefficient (Wildman–Crippen LogP) is 2.67. The number of carbonyl (C=O) groups is 1. The van der Waals surface area contributed by atoms with E-state index in [0.29, 0.717) is 11.3 Å². The molecule has 9 heteroatoms. The van der Waals surface area contributed by atoms with Crippen LogP contribution in [0, 0.1) is 0 Å². The molecule has 0 aliphatic heterocycles. The van der Waals surface area contributed by atoms with Gasteiger partial charge in [-0.05, 0) is 18.2 Å². The maximum Gasteiger partial charge on any atom is 0.433 e. The summed E-state index contributed by atoms with van der Waals surface area (Å²) in [7, 11) is 1.38. The number of nitrogens with zero attached hydrogens (tertiary/aromatic N) is 2. The summed E-state index contributed by atoms with van der Waals surface area (Å²) in [5.74, 6) is -1.34. The topological polar surface area (TPSA) is 84.3 Å². The van der Waals surface area contributed by atoms with Crippen LogP contribution in [-0.4, -0.2) is 34.7 Å². The van der Waals surface area contributed by atoms with Crippen LogP contribution in [0.2, 0.25) is 0 Å². The summed E-state index contributed by atoms with van der Waals surface area (Å²) < 4.78 is 44.0. The zero-order chi connectivity index (χ0) is 17.0. The number of hydrogen-bond donors (Lipinski definition) is 2. The molecular weight excluding hydrogens is 315 g/mol. The lowest BCUT2D eigenvalue weighted by Crippen LogP contribution is -2.17. The molecular formula is C14H12F3N3O3. The fourth-order valence-corrected chi connectivity index (χ4v) is 1.82. The smallest absolute Gasteiger partial charge is 0.433 e. The zero-order valence-corrected chi connectivity index (χ0v) is 11.9. The van der Waals surface area contributed by atoms with Crippen molar-refractivity contribution in [3.05, 3.63) is 36.0 Å². The number of aromatic nitrogens is 2. The van der Waals surface area contributed by atoms with Crippen molar-refractivity contribution in [1.82, 2.24) is 9.97 Å². The second-order valence-electron chi connectivity index (χ2n) is 4.41. The van der Waals surface area contributed by atoms with Crippen LogP contribution in [-0.2, 0) is 11.0 Å². The fraction of sp³-hybridized carbons (Fsp3) is 0.214. The third-order valence-corrected chi connectivity index (χ3v) is 2.80. The minimum atomic E-state index is -4.70. The first-order chi connectivity index (χ1) is 10.8. The van der Waals surface area contributed by atoms with Gasteiger partial charge in [-0.25, -0.2) is 9.97 Å². The predicted molar refractivity (Wildman–Crippen MR) is 75.1 cm³/mol. The summed E-state index contributed by atoms with van der Waals surface area (Å²) >= 11 is 0. The number of methoxy groups -OCH3 is 1. The number of alkyl halides is 3. The van der Waals surface area contributed by atoms with Crippen molar-refractivity contribution in [2.24, 2.45) is 0 Å². The third-order valence-electron chi connectivity index (χ3n) is 2.80. The number of benzene rings is 1. The van der Waals surface area contributed by atoms with Crippen LogP contribution in [0.25, 0.3) is 11.3 Å². The lowest BCUT2D eigenvalue weighted by molar-refractivity contribution is -0.141. The van der Waals surface area contributed by atoms with Gasteiger partial charge in [0.15, 0.2) is 5.69 Å². The number of carboxylic acids is 1. The maximum atomic E-state index is 13.0. The molecule has 0 fully saturated rings. The second-order valence-corrected chi connectivity index (χ2v) is 4.41. The number of para-hydroxylation sites is 1. The Morgan fingerprint density at radius 3 is 2.61 bits per heavy atom. The van der Waals surface area contributed by atoms with Crippen LogP contribution in [0.4, 0.5) is 19.1 Å². The first kappa shape index (κ1) is 16.5. The van der Waals surface area contributed by atoms with Gasteiger partial charge in [0.2, 0.25) is 5.95 Å². The largest absolute Gasteiger partial charge is 0.496 e. The Morgan fingerprint density at radius 2 is 2.00 bits per heavy atom. The van der Waals surface area contributed by atoms with Gasteiger partial charge in [-0.1, -0.05) is 12.1 Å². The van der Waals surface area contributed by atoms with Crippen molar-refractivity contribution in [2.75, 3.05) is 19.0 Å². The van der Waals surface area contributed by atoms with Gasteiger partial charge in [-0.15, -0.1) is 0 Å². The molecule has 122 valence electrons. The molecule has 0 spiro atoms. The SMILES string of the molecule is COc1ccccc1-c1cc(C(F)(F)F)nc(NCC(=O)O)n1. The van der Waals surface area contributed by atoms with Crippen LogP contribution in [0.5, 0.6) is 5.75 Å². The van der Waals surface area contributed by atoms with Crippen molar-refractivity contribution < 1.29 is 27.8 Å². The van der Waals surface area contributed by atoms with Gasteiger partial charge in [0, 0.05) is 5.56 Å². The number of carboxylic acid groups (broad SMARTS) is 1. The number of hydrogen-bond acceptors (Lipinski definition) is 5. The molecule has 0 saturated carbocycles. The van der Waals surface area contributed by atoms with Crippen LogP contribution < -0.4 is 10.1 Å². The molecule has 0 radical (unpaired) electrons. The monoisotopic (exact) mass is 327 g/mol. The molecule has 1 aromatic heterocycles. The number of anilines is 1. The van der Waals surface area contributed by atoms with E-state index in [9.17, 15) is 18.0 Å².